The first-order valence-corrected chi connectivity index (χ1v) is 5.26. The first-order valence-electron chi connectivity index (χ1n) is 5.26. The van der Waals surface area contributed by atoms with Gasteiger partial charge in [-0.15, -0.1) is 0 Å². The van der Waals surface area contributed by atoms with E-state index in [-0.39, 0.29) is 5.41 Å². The average molecular weight is 211 g/mol. The summed E-state index contributed by atoms with van der Waals surface area (Å²) in [6, 6.07) is 1.77. The van der Waals surface area contributed by atoms with E-state index in [1.54, 1.807) is 18.6 Å². The number of hydrogen-bond acceptors (Lipinski definition) is 4. The molecule has 15 heavy (non-hydrogen) atoms. The van der Waals surface area contributed by atoms with E-state index < -0.39 is 6.10 Å². The van der Waals surface area contributed by atoms with Crippen LogP contribution in [0.4, 0.5) is 0 Å². The first-order chi connectivity index (χ1) is 7.28. The van der Waals surface area contributed by atoms with Gasteiger partial charge < -0.3 is 20.0 Å². The van der Waals surface area contributed by atoms with Crippen molar-refractivity contribution in [1.29, 1.82) is 0 Å². The lowest BCUT2D eigenvalue weighted by molar-refractivity contribution is -0.0783. The highest BCUT2D eigenvalue weighted by molar-refractivity contribution is 5.14. The summed E-state index contributed by atoms with van der Waals surface area (Å²) in [5, 5.41) is 10.3. The van der Waals surface area contributed by atoms with Gasteiger partial charge in [-0.2, -0.15) is 0 Å². The Balaban J connectivity index is 2.18. The molecule has 1 aromatic rings. The molecule has 0 amide bonds. The minimum Gasteiger partial charge on any atom is -0.472 e. The van der Waals surface area contributed by atoms with Gasteiger partial charge in [0.2, 0.25) is 0 Å². The smallest absolute Gasteiger partial charge is 0.0960 e. The van der Waals surface area contributed by atoms with E-state index in [9.17, 15) is 5.11 Å². The van der Waals surface area contributed by atoms with E-state index in [0.29, 0.717) is 13.2 Å². The fraction of sp³-hybridized carbons (Fsp3) is 0.636. The molecule has 0 radical (unpaired) electrons. The van der Waals surface area contributed by atoms with Crippen molar-refractivity contribution in [1.82, 2.24) is 0 Å². The van der Waals surface area contributed by atoms with Crippen LogP contribution in [0, 0.1) is 5.41 Å². The zero-order chi connectivity index (χ0) is 10.7. The van der Waals surface area contributed by atoms with Gasteiger partial charge in [-0.1, -0.05) is 0 Å². The first kappa shape index (κ1) is 10.7. The molecule has 0 aliphatic carbocycles. The number of nitrogens with two attached hydrogens (primary N) is 1. The molecule has 2 unspecified atom stereocenters. The van der Waals surface area contributed by atoms with E-state index >= 15 is 0 Å². The molecule has 1 fully saturated rings. The predicted octanol–water partition coefficient (Wildman–Crippen LogP) is 1.07. The quantitative estimate of drug-likeness (QED) is 0.784. The van der Waals surface area contributed by atoms with Crippen molar-refractivity contribution in [2.24, 2.45) is 11.1 Å². The number of hydrogen-bond donors (Lipinski definition) is 2. The fourth-order valence-electron chi connectivity index (χ4n) is 2.15. The van der Waals surface area contributed by atoms with Crippen molar-refractivity contribution in [3.63, 3.8) is 0 Å². The van der Waals surface area contributed by atoms with Gasteiger partial charge in [-0.05, 0) is 18.9 Å². The second kappa shape index (κ2) is 4.35. The third kappa shape index (κ3) is 1.93. The van der Waals surface area contributed by atoms with Crippen molar-refractivity contribution in [3.8, 4) is 0 Å². The highest BCUT2D eigenvalue weighted by atomic mass is 16.5. The number of furan rings is 1. The van der Waals surface area contributed by atoms with E-state index in [2.05, 4.69) is 0 Å². The molecule has 2 heterocycles. The Hall–Kier alpha value is -0.840. The summed E-state index contributed by atoms with van der Waals surface area (Å²) in [7, 11) is 0. The summed E-state index contributed by atoms with van der Waals surface area (Å²) < 4.78 is 10.4. The maximum absolute atomic E-state index is 10.3. The molecule has 1 aliphatic rings. The highest BCUT2D eigenvalue weighted by Gasteiger charge is 2.39. The molecule has 3 N–H and O–H groups in total. The number of aliphatic hydroxyl groups is 1. The summed E-state index contributed by atoms with van der Waals surface area (Å²) >= 11 is 0. The molecule has 0 spiro atoms. The van der Waals surface area contributed by atoms with Crippen molar-refractivity contribution in [3.05, 3.63) is 24.2 Å². The standard InChI is InChI=1S/C11H17NO3/c12-7-11(3-1-4-15-8-11)10(13)9-2-5-14-6-9/h2,5-6,10,13H,1,3-4,7-8,12H2. The van der Waals surface area contributed by atoms with Crippen LogP contribution < -0.4 is 5.73 Å². The fourth-order valence-corrected chi connectivity index (χ4v) is 2.15. The minimum absolute atomic E-state index is 0.345. The lowest BCUT2D eigenvalue weighted by Crippen LogP contribution is -2.43. The molecular weight excluding hydrogens is 194 g/mol. The highest BCUT2D eigenvalue weighted by Crippen LogP contribution is 2.40. The Kier molecular flexibility index (Phi) is 3.09. The molecule has 1 saturated heterocycles. The summed E-state index contributed by atoms with van der Waals surface area (Å²) in [5.74, 6) is 0. The average Bonchev–Trinajstić information content (AvgIpc) is 2.82. The third-order valence-electron chi connectivity index (χ3n) is 3.20. The van der Waals surface area contributed by atoms with Crippen LogP contribution in [0.25, 0.3) is 0 Å². The maximum atomic E-state index is 10.3. The van der Waals surface area contributed by atoms with Crippen LogP contribution >= 0.6 is 0 Å². The van der Waals surface area contributed by atoms with Gasteiger partial charge >= 0.3 is 0 Å². The molecule has 4 heteroatoms. The molecule has 4 nitrogen and oxygen atoms in total. The third-order valence-corrected chi connectivity index (χ3v) is 3.20. The van der Waals surface area contributed by atoms with Gasteiger partial charge in [-0.3, -0.25) is 0 Å². The Morgan fingerprint density at radius 3 is 3.00 bits per heavy atom. The van der Waals surface area contributed by atoms with Gasteiger partial charge in [0, 0.05) is 24.1 Å². The van der Waals surface area contributed by atoms with Crippen LogP contribution in [0.1, 0.15) is 24.5 Å². The summed E-state index contributed by atoms with van der Waals surface area (Å²) in [4.78, 5) is 0. The Morgan fingerprint density at radius 2 is 2.47 bits per heavy atom. The van der Waals surface area contributed by atoms with Gasteiger partial charge in [0.25, 0.3) is 0 Å². The molecule has 2 rings (SSSR count). The second-order valence-corrected chi connectivity index (χ2v) is 4.18. The van der Waals surface area contributed by atoms with E-state index in [0.717, 1.165) is 25.0 Å². The maximum Gasteiger partial charge on any atom is 0.0960 e. The zero-order valence-corrected chi connectivity index (χ0v) is 8.69. The van der Waals surface area contributed by atoms with Gasteiger partial charge in [0.15, 0.2) is 0 Å². The van der Waals surface area contributed by atoms with E-state index in [1.165, 1.54) is 0 Å². The molecule has 2 atom stereocenters. The largest absolute Gasteiger partial charge is 0.472 e. The molecule has 0 saturated carbocycles. The Morgan fingerprint density at radius 1 is 1.60 bits per heavy atom. The second-order valence-electron chi connectivity index (χ2n) is 4.18. The molecule has 1 aromatic heterocycles. The summed E-state index contributed by atoms with van der Waals surface area (Å²) in [6.45, 7) is 1.72. The van der Waals surface area contributed by atoms with Crippen LogP contribution in [0.3, 0.4) is 0 Å². The minimum atomic E-state index is -0.596. The number of aliphatic hydroxyl groups excluding tert-OH is 1. The molecule has 84 valence electrons. The van der Waals surface area contributed by atoms with E-state index in [1.807, 2.05) is 0 Å². The lowest BCUT2D eigenvalue weighted by Gasteiger charge is -2.39. The van der Waals surface area contributed by atoms with Crippen molar-refractivity contribution in [2.75, 3.05) is 19.8 Å². The van der Waals surface area contributed by atoms with Crippen LogP contribution in [-0.2, 0) is 4.74 Å². The normalized spacial score (nSPS) is 28.9. The topological polar surface area (TPSA) is 68.6 Å². The lowest BCUT2D eigenvalue weighted by atomic mass is 9.75. The van der Waals surface area contributed by atoms with Gasteiger partial charge in [0.05, 0.1) is 25.2 Å². The summed E-state index contributed by atoms with van der Waals surface area (Å²) in [5.41, 5.74) is 6.21. The molecular formula is C11H17NO3. The number of ether oxygens (including phenoxy) is 1. The SMILES string of the molecule is NCC1(C(O)c2ccoc2)CCCOC1. The van der Waals surface area contributed by atoms with Gasteiger partial charge in [0.1, 0.15) is 0 Å². The monoisotopic (exact) mass is 211 g/mol. The van der Waals surface area contributed by atoms with Crippen LogP contribution in [0.2, 0.25) is 0 Å². The molecule has 0 aromatic carbocycles. The van der Waals surface area contributed by atoms with Crippen molar-refractivity contribution >= 4 is 0 Å². The van der Waals surface area contributed by atoms with Crippen molar-refractivity contribution < 1.29 is 14.3 Å². The molecule has 1 aliphatic heterocycles. The summed E-state index contributed by atoms with van der Waals surface area (Å²) in [6.07, 6.45) is 4.38. The van der Waals surface area contributed by atoms with Crippen LogP contribution in [-0.4, -0.2) is 24.9 Å². The Bertz CT molecular complexity index is 291. The van der Waals surface area contributed by atoms with Gasteiger partial charge in [-0.25, -0.2) is 0 Å². The van der Waals surface area contributed by atoms with E-state index in [4.69, 9.17) is 14.9 Å². The molecule has 0 bridgehead atoms. The predicted molar refractivity (Wildman–Crippen MR) is 55.2 cm³/mol. The van der Waals surface area contributed by atoms with Crippen molar-refractivity contribution in [2.45, 2.75) is 18.9 Å². The van der Waals surface area contributed by atoms with Crippen LogP contribution in [0.5, 0.6) is 0 Å². The zero-order valence-electron chi connectivity index (χ0n) is 8.69. The number of rotatable bonds is 3. The van der Waals surface area contributed by atoms with Crippen LogP contribution in [0.15, 0.2) is 23.0 Å². The Labute approximate surface area is 89.0 Å².